The molecule has 4 aromatic rings. The third-order valence-corrected chi connectivity index (χ3v) is 5.11. The van der Waals surface area contributed by atoms with Crippen molar-refractivity contribution in [2.45, 2.75) is 6.54 Å². The first-order chi connectivity index (χ1) is 16.3. The van der Waals surface area contributed by atoms with Gasteiger partial charge in [-0.1, -0.05) is 41.6 Å². The van der Waals surface area contributed by atoms with E-state index < -0.39 is 0 Å². The molecule has 0 aliphatic carbocycles. The first-order valence-corrected chi connectivity index (χ1v) is 10.4. The van der Waals surface area contributed by atoms with Crippen molar-refractivity contribution in [3.05, 3.63) is 71.9 Å². The third kappa shape index (κ3) is 4.85. The number of anilines is 1. The molecule has 0 aliphatic rings. The Morgan fingerprint density at radius 1 is 1.06 bits per heavy atom. The summed E-state index contributed by atoms with van der Waals surface area (Å²) in [6.45, 7) is 0.461. The molecule has 6 N–H and O–H groups in total. The maximum Gasteiger partial charge on any atom is 0.253 e. The number of guanidine groups is 1. The highest BCUT2D eigenvalue weighted by Gasteiger charge is 2.16. The predicted molar refractivity (Wildman–Crippen MR) is 130 cm³/mol. The average Bonchev–Trinajstić information content (AvgIpc) is 3.33. The fraction of sp³-hybridized carbons (Fsp3) is 0.125. The van der Waals surface area contributed by atoms with E-state index in [1.807, 2.05) is 36.4 Å². The van der Waals surface area contributed by atoms with Crippen molar-refractivity contribution in [2.75, 3.05) is 19.8 Å². The van der Waals surface area contributed by atoms with Crippen LogP contribution in [0.15, 0.2) is 65.3 Å². The summed E-state index contributed by atoms with van der Waals surface area (Å²) in [5.74, 6) is 0.456. The summed E-state index contributed by atoms with van der Waals surface area (Å²) in [5, 5.41) is 14.2. The number of amides is 1. The molecule has 10 heteroatoms. The Morgan fingerprint density at radius 2 is 1.71 bits per heavy atom. The van der Waals surface area contributed by atoms with E-state index in [-0.39, 0.29) is 17.7 Å². The van der Waals surface area contributed by atoms with Gasteiger partial charge in [-0.15, -0.1) is 0 Å². The van der Waals surface area contributed by atoms with E-state index in [0.717, 1.165) is 16.7 Å². The van der Waals surface area contributed by atoms with Crippen LogP contribution >= 0.6 is 0 Å². The first kappa shape index (κ1) is 22.5. The van der Waals surface area contributed by atoms with Gasteiger partial charge in [0.25, 0.3) is 5.91 Å². The number of nitrogens with one attached hydrogen (secondary N) is 2. The molecule has 0 bridgehead atoms. The molecule has 0 saturated heterocycles. The molecular formula is C24H24N8O2. The summed E-state index contributed by atoms with van der Waals surface area (Å²) >= 11 is 0. The normalized spacial score (nSPS) is 10.6. The number of hydrogen-bond acceptors (Lipinski definition) is 7. The van der Waals surface area contributed by atoms with Gasteiger partial charge >= 0.3 is 0 Å². The quantitative estimate of drug-likeness (QED) is 0.254. The van der Waals surface area contributed by atoms with Crippen LogP contribution in [0.2, 0.25) is 0 Å². The molecule has 0 aliphatic heterocycles. The molecule has 0 radical (unpaired) electrons. The van der Waals surface area contributed by atoms with Gasteiger partial charge < -0.3 is 26.2 Å². The van der Waals surface area contributed by atoms with Crippen LogP contribution in [-0.4, -0.2) is 46.0 Å². The second-order valence-electron chi connectivity index (χ2n) is 7.81. The maximum atomic E-state index is 12.1. The van der Waals surface area contributed by atoms with Crippen LogP contribution in [0.5, 0.6) is 0 Å². The van der Waals surface area contributed by atoms with Crippen LogP contribution in [0.1, 0.15) is 15.9 Å². The molecular weight excluding hydrogens is 432 g/mol. The van der Waals surface area contributed by atoms with Crippen molar-refractivity contribution in [2.24, 2.45) is 5.73 Å². The Labute approximate surface area is 196 Å². The Morgan fingerprint density at radius 3 is 2.35 bits per heavy atom. The minimum absolute atomic E-state index is 0.0760. The van der Waals surface area contributed by atoms with E-state index in [9.17, 15) is 4.79 Å². The molecule has 34 heavy (non-hydrogen) atoms. The highest BCUT2D eigenvalue weighted by molar-refractivity contribution is 5.94. The number of nitrogens with zero attached hydrogens (tertiary/aromatic N) is 4. The molecule has 4 rings (SSSR count). The van der Waals surface area contributed by atoms with Crippen LogP contribution < -0.4 is 16.8 Å². The van der Waals surface area contributed by atoms with Gasteiger partial charge in [0.05, 0.1) is 11.9 Å². The van der Waals surface area contributed by atoms with E-state index in [2.05, 4.69) is 20.4 Å². The molecule has 10 nitrogen and oxygen atoms in total. The van der Waals surface area contributed by atoms with Crippen LogP contribution in [0.25, 0.3) is 34.0 Å². The number of nitrogen functional groups attached to an aromatic ring is 1. The van der Waals surface area contributed by atoms with Crippen LogP contribution in [0, 0.1) is 5.41 Å². The maximum absolute atomic E-state index is 12.1. The number of aromatic nitrogens is 3. The van der Waals surface area contributed by atoms with E-state index in [0.29, 0.717) is 35.0 Å². The summed E-state index contributed by atoms with van der Waals surface area (Å²) in [7, 11) is 3.42. The summed E-state index contributed by atoms with van der Waals surface area (Å²) in [4.78, 5) is 22.5. The van der Waals surface area contributed by atoms with Crippen LogP contribution in [0.3, 0.4) is 0 Å². The zero-order chi connectivity index (χ0) is 24.2. The fourth-order valence-corrected chi connectivity index (χ4v) is 3.27. The van der Waals surface area contributed by atoms with Crippen LogP contribution in [0.4, 0.5) is 5.82 Å². The van der Waals surface area contributed by atoms with Crippen molar-refractivity contribution in [1.82, 2.24) is 25.3 Å². The second-order valence-corrected chi connectivity index (χ2v) is 7.81. The molecule has 0 unspecified atom stereocenters. The van der Waals surface area contributed by atoms with Gasteiger partial charge in [0, 0.05) is 43.4 Å². The van der Waals surface area contributed by atoms with E-state index >= 15 is 0 Å². The molecule has 1 amide bonds. The Kier molecular flexibility index (Phi) is 6.22. The molecule has 2 aromatic carbocycles. The molecule has 0 spiro atoms. The number of carbonyl (C=O) groups excluding carboxylic acids is 1. The molecule has 2 heterocycles. The molecule has 0 fully saturated rings. The summed E-state index contributed by atoms with van der Waals surface area (Å²) in [5.41, 5.74) is 16.2. The minimum Gasteiger partial charge on any atom is -0.382 e. The summed E-state index contributed by atoms with van der Waals surface area (Å²) in [6.07, 6.45) is 1.58. The fourth-order valence-electron chi connectivity index (χ4n) is 3.27. The van der Waals surface area contributed by atoms with Crippen molar-refractivity contribution >= 4 is 17.7 Å². The third-order valence-electron chi connectivity index (χ3n) is 5.11. The van der Waals surface area contributed by atoms with Gasteiger partial charge in [-0.2, -0.15) is 0 Å². The molecule has 0 saturated carbocycles. The van der Waals surface area contributed by atoms with Gasteiger partial charge in [0.1, 0.15) is 5.69 Å². The van der Waals surface area contributed by atoms with Gasteiger partial charge in [0.15, 0.2) is 23.2 Å². The highest BCUT2D eigenvalue weighted by Crippen LogP contribution is 2.29. The lowest BCUT2D eigenvalue weighted by Gasteiger charge is -2.10. The monoisotopic (exact) mass is 456 g/mol. The van der Waals surface area contributed by atoms with Crippen molar-refractivity contribution < 1.29 is 9.32 Å². The van der Waals surface area contributed by atoms with Crippen LogP contribution in [-0.2, 0) is 6.54 Å². The first-order valence-electron chi connectivity index (χ1n) is 10.4. The Bertz CT molecular complexity index is 1330. The topological polar surface area (TPSA) is 160 Å². The van der Waals surface area contributed by atoms with E-state index in [4.69, 9.17) is 21.4 Å². The highest BCUT2D eigenvalue weighted by atomic mass is 16.5. The van der Waals surface area contributed by atoms with Gasteiger partial charge in [0.2, 0.25) is 0 Å². The second kappa shape index (κ2) is 9.41. The van der Waals surface area contributed by atoms with Crippen molar-refractivity contribution in [1.29, 1.82) is 5.41 Å². The molecule has 172 valence electrons. The van der Waals surface area contributed by atoms with Crippen molar-refractivity contribution in [3.63, 3.8) is 0 Å². The number of rotatable bonds is 6. The lowest BCUT2D eigenvalue weighted by atomic mass is 10.1. The molecule has 2 aromatic heterocycles. The lowest BCUT2D eigenvalue weighted by Crippen LogP contribution is -2.29. The minimum atomic E-state index is -0.0795. The number of carbonyl (C=O) groups is 1. The predicted octanol–water partition coefficient (Wildman–Crippen LogP) is 2.73. The molecule has 0 atom stereocenters. The average molecular weight is 457 g/mol. The van der Waals surface area contributed by atoms with Crippen molar-refractivity contribution in [3.8, 4) is 34.0 Å². The Hall–Kier alpha value is -4.73. The van der Waals surface area contributed by atoms with Gasteiger partial charge in [-0.25, -0.2) is 9.97 Å². The smallest absolute Gasteiger partial charge is 0.253 e. The number of benzene rings is 2. The summed E-state index contributed by atoms with van der Waals surface area (Å²) < 4.78 is 5.52. The van der Waals surface area contributed by atoms with E-state index in [1.54, 1.807) is 38.5 Å². The zero-order valence-electron chi connectivity index (χ0n) is 18.7. The SMILES string of the molecule is CN(C)C(=O)c1ccc(-c2cnc(N)c(-c3cc(-c4ccc(CNC(=N)N)cc4)no3)n2)cc1. The number of nitrogens with two attached hydrogens (primary N) is 2. The van der Waals surface area contributed by atoms with Gasteiger partial charge in [-0.3, -0.25) is 10.2 Å². The zero-order valence-corrected chi connectivity index (χ0v) is 18.7. The lowest BCUT2D eigenvalue weighted by molar-refractivity contribution is 0.0827. The summed E-state index contributed by atoms with van der Waals surface area (Å²) in [6, 6.07) is 16.5. The standard InChI is InChI=1S/C24H24N8O2/c1-32(2)23(33)17-9-7-16(8-10-17)19-13-28-22(25)21(30-19)20-11-18(31-34-20)15-5-3-14(4-6-15)12-29-24(26)27/h3-11,13H,12H2,1-2H3,(H2,25,28)(H4,26,27,29). The number of hydrogen-bond donors (Lipinski definition) is 4. The van der Waals surface area contributed by atoms with Gasteiger partial charge in [-0.05, 0) is 17.7 Å². The van der Waals surface area contributed by atoms with E-state index in [1.165, 1.54) is 4.90 Å². The largest absolute Gasteiger partial charge is 0.382 e. The Balaban J connectivity index is 1.57.